The number of nitrogens with zero attached hydrogens (tertiary/aromatic N) is 5. The predicted molar refractivity (Wildman–Crippen MR) is 147 cm³/mol. The van der Waals surface area contributed by atoms with Gasteiger partial charge in [-0.3, -0.25) is 4.31 Å². The Morgan fingerprint density at radius 1 is 1.08 bits per heavy atom. The van der Waals surface area contributed by atoms with E-state index in [1.165, 1.54) is 37.6 Å². The van der Waals surface area contributed by atoms with Crippen molar-refractivity contribution in [3.63, 3.8) is 0 Å². The summed E-state index contributed by atoms with van der Waals surface area (Å²) in [5, 5.41) is 0. The maximum atomic E-state index is 13.4. The Bertz CT molecular complexity index is 1210. The molecule has 1 aromatic carbocycles. The highest BCUT2D eigenvalue weighted by molar-refractivity contribution is 7.86. The monoisotopic (exact) mass is 509 g/mol. The zero-order valence-electron chi connectivity index (χ0n) is 22.1. The molecule has 7 nitrogen and oxygen atoms in total. The minimum absolute atomic E-state index is 0.0452. The molecule has 1 saturated heterocycles. The molecule has 2 aliphatic rings. The fourth-order valence-corrected chi connectivity index (χ4v) is 6.36. The molecule has 1 atom stereocenters. The van der Waals surface area contributed by atoms with Crippen molar-refractivity contribution in [2.75, 3.05) is 42.6 Å². The van der Waals surface area contributed by atoms with Crippen molar-refractivity contribution >= 4 is 33.5 Å². The minimum Gasteiger partial charge on any atom is -0.378 e. The molecule has 0 amide bonds. The molecule has 5 rings (SSSR count). The molecule has 1 saturated carbocycles. The molecule has 3 aromatic rings. The van der Waals surface area contributed by atoms with E-state index in [-0.39, 0.29) is 5.41 Å². The van der Waals surface area contributed by atoms with Crippen molar-refractivity contribution in [2.24, 2.45) is 5.92 Å². The molecule has 36 heavy (non-hydrogen) atoms. The van der Waals surface area contributed by atoms with Crippen LogP contribution >= 0.6 is 0 Å². The number of fused-ring (bicyclic) bond motifs is 1. The van der Waals surface area contributed by atoms with Gasteiger partial charge in [0, 0.05) is 38.3 Å². The summed E-state index contributed by atoms with van der Waals surface area (Å²) in [7, 11) is 0.508. The van der Waals surface area contributed by atoms with E-state index in [0.717, 1.165) is 48.4 Å². The van der Waals surface area contributed by atoms with Crippen LogP contribution in [0.2, 0.25) is 0 Å². The van der Waals surface area contributed by atoms with Gasteiger partial charge in [0.05, 0.1) is 34.8 Å². The second-order valence-corrected chi connectivity index (χ2v) is 12.7. The van der Waals surface area contributed by atoms with Crippen LogP contribution in [-0.2, 0) is 27.7 Å². The molecule has 1 aliphatic heterocycles. The van der Waals surface area contributed by atoms with Crippen molar-refractivity contribution in [3.8, 4) is 0 Å². The van der Waals surface area contributed by atoms with Crippen LogP contribution in [0.1, 0.15) is 58.7 Å². The first-order valence-corrected chi connectivity index (χ1v) is 14.4. The molecular formula is C28H39N5O2S. The summed E-state index contributed by atoms with van der Waals surface area (Å²) in [6.07, 6.45) is 8.39. The van der Waals surface area contributed by atoms with Gasteiger partial charge in [0.2, 0.25) is 0 Å². The average molecular weight is 510 g/mol. The Hall–Kier alpha value is -2.45. The van der Waals surface area contributed by atoms with Gasteiger partial charge in [-0.05, 0) is 49.1 Å². The molecule has 8 heteroatoms. The van der Waals surface area contributed by atoms with Gasteiger partial charge in [0.15, 0.2) is 11.0 Å². The summed E-state index contributed by atoms with van der Waals surface area (Å²) in [6, 6.07) is 10.2. The second-order valence-electron chi connectivity index (χ2n) is 11.2. The van der Waals surface area contributed by atoms with Gasteiger partial charge in [-0.15, -0.1) is 0 Å². The van der Waals surface area contributed by atoms with Crippen LogP contribution in [0.15, 0.2) is 41.4 Å². The number of pyridine rings is 1. The highest BCUT2D eigenvalue weighted by Gasteiger charge is 2.26. The van der Waals surface area contributed by atoms with E-state index in [9.17, 15) is 4.21 Å². The second kappa shape index (κ2) is 10.5. The fraction of sp³-hybridized carbons (Fsp3) is 0.571. The maximum absolute atomic E-state index is 13.4. The summed E-state index contributed by atoms with van der Waals surface area (Å²) in [5.41, 5.74) is 2.99. The SMILES string of the molecule is CN(c1ccc2c(c1)nc(C(C)(C)C)n2CC1CCCCC1)S(=O)c1ccc(N2CCOCC2)nc1. The molecular weight excluding hydrogens is 470 g/mol. The summed E-state index contributed by atoms with van der Waals surface area (Å²) in [5.74, 6) is 2.76. The third-order valence-corrected chi connectivity index (χ3v) is 8.79. The third-order valence-electron chi connectivity index (χ3n) is 7.44. The maximum Gasteiger partial charge on any atom is 0.154 e. The number of imidazole rings is 1. The average Bonchev–Trinajstić information content (AvgIpc) is 3.27. The predicted octanol–water partition coefficient (Wildman–Crippen LogP) is 5.30. The summed E-state index contributed by atoms with van der Waals surface area (Å²) in [6.45, 7) is 10.8. The molecule has 0 spiro atoms. The first-order chi connectivity index (χ1) is 17.3. The fourth-order valence-electron chi connectivity index (χ4n) is 5.41. The number of benzene rings is 1. The largest absolute Gasteiger partial charge is 0.378 e. The Kier molecular flexibility index (Phi) is 7.35. The molecule has 194 valence electrons. The van der Waals surface area contributed by atoms with Crippen molar-refractivity contribution in [3.05, 3.63) is 42.4 Å². The Morgan fingerprint density at radius 3 is 2.50 bits per heavy atom. The van der Waals surface area contributed by atoms with E-state index < -0.39 is 11.0 Å². The quantitative estimate of drug-likeness (QED) is 0.451. The summed E-state index contributed by atoms with van der Waals surface area (Å²) in [4.78, 5) is 12.6. The molecule has 0 N–H and O–H groups in total. The Labute approximate surface area is 217 Å². The van der Waals surface area contributed by atoms with Crippen molar-refractivity contribution in [1.82, 2.24) is 14.5 Å². The molecule has 2 aromatic heterocycles. The topological polar surface area (TPSA) is 63.5 Å². The van der Waals surface area contributed by atoms with Crippen LogP contribution in [0.25, 0.3) is 11.0 Å². The van der Waals surface area contributed by atoms with Crippen LogP contribution in [0.4, 0.5) is 11.5 Å². The zero-order valence-corrected chi connectivity index (χ0v) is 22.9. The Morgan fingerprint density at radius 2 is 1.83 bits per heavy atom. The highest BCUT2D eigenvalue weighted by Crippen LogP contribution is 2.33. The van der Waals surface area contributed by atoms with Crippen LogP contribution < -0.4 is 9.21 Å². The van der Waals surface area contributed by atoms with Crippen molar-refractivity contribution in [1.29, 1.82) is 0 Å². The lowest BCUT2D eigenvalue weighted by Gasteiger charge is -2.27. The van der Waals surface area contributed by atoms with Crippen molar-refractivity contribution in [2.45, 2.75) is 69.7 Å². The van der Waals surface area contributed by atoms with E-state index in [0.29, 0.717) is 18.1 Å². The zero-order chi connectivity index (χ0) is 25.3. The van der Waals surface area contributed by atoms with Gasteiger partial charge in [0.1, 0.15) is 11.6 Å². The first kappa shape index (κ1) is 25.2. The van der Waals surface area contributed by atoms with E-state index >= 15 is 0 Å². The lowest BCUT2D eigenvalue weighted by Crippen LogP contribution is -2.36. The van der Waals surface area contributed by atoms with E-state index in [4.69, 9.17) is 9.72 Å². The number of ether oxygens (including phenoxy) is 1. The molecule has 0 bridgehead atoms. The molecule has 1 aliphatic carbocycles. The van der Waals surface area contributed by atoms with Crippen LogP contribution in [0.5, 0.6) is 0 Å². The number of aromatic nitrogens is 3. The van der Waals surface area contributed by atoms with Gasteiger partial charge in [-0.1, -0.05) is 40.0 Å². The van der Waals surface area contributed by atoms with Gasteiger partial charge < -0.3 is 14.2 Å². The van der Waals surface area contributed by atoms with Crippen LogP contribution in [0.3, 0.4) is 0 Å². The number of rotatable bonds is 6. The van der Waals surface area contributed by atoms with E-state index in [1.54, 1.807) is 6.20 Å². The normalized spacial score (nSPS) is 18.5. The first-order valence-electron chi connectivity index (χ1n) is 13.3. The van der Waals surface area contributed by atoms with E-state index in [1.807, 2.05) is 23.5 Å². The van der Waals surface area contributed by atoms with Crippen LogP contribution in [0, 0.1) is 5.92 Å². The minimum atomic E-state index is -1.36. The van der Waals surface area contributed by atoms with Gasteiger partial charge in [-0.25, -0.2) is 14.2 Å². The van der Waals surface area contributed by atoms with Crippen LogP contribution in [-0.4, -0.2) is 52.1 Å². The van der Waals surface area contributed by atoms with E-state index in [2.05, 4.69) is 53.4 Å². The molecule has 3 heterocycles. The summed E-state index contributed by atoms with van der Waals surface area (Å²) < 4.78 is 23.1. The lowest BCUT2D eigenvalue weighted by molar-refractivity contribution is 0.122. The lowest BCUT2D eigenvalue weighted by atomic mass is 9.88. The summed E-state index contributed by atoms with van der Waals surface area (Å²) >= 11 is 0. The van der Waals surface area contributed by atoms with Gasteiger partial charge >= 0.3 is 0 Å². The highest BCUT2D eigenvalue weighted by atomic mass is 32.2. The third kappa shape index (κ3) is 5.30. The standard InChI is InChI=1S/C28H39N5O2S/c1-28(2,3)27-30-24-18-22(10-12-25(24)33(27)20-21-8-6-5-7-9-21)31(4)36(34)23-11-13-26(29-19-23)32-14-16-35-17-15-32/h10-13,18-19,21H,5-9,14-17,20H2,1-4H3. The molecule has 0 radical (unpaired) electrons. The molecule has 1 unspecified atom stereocenters. The number of morpholine rings is 1. The number of hydrogen-bond acceptors (Lipinski definition) is 5. The number of anilines is 2. The molecule has 2 fully saturated rings. The smallest absolute Gasteiger partial charge is 0.154 e. The number of hydrogen-bond donors (Lipinski definition) is 0. The van der Waals surface area contributed by atoms with Gasteiger partial charge in [-0.2, -0.15) is 0 Å². The Balaban J connectivity index is 1.39. The van der Waals surface area contributed by atoms with Crippen molar-refractivity contribution < 1.29 is 8.95 Å². The van der Waals surface area contributed by atoms with Gasteiger partial charge in [0.25, 0.3) is 0 Å².